The summed E-state index contributed by atoms with van der Waals surface area (Å²) in [6.45, 7) is 0. The van der Waals surface area contributed by atoms with Crippen LogP contribution in [0.4, 0.5) is 5.13 Å². The minimum atomic E-state index is 0.0624. The largest absolute Gasteiger partial charge is 0.494 e. The van der Waals surface area contributed by atoms with Gasteiger partial charge in [-0.1, -0.05) is 29.6 Å². The van der Waals surface area contributed by atoms with Crippen LogP contribution in [0.5, 0.6) is 5.75 Å². The van der Waals surface area contributed by atoms with E-state index >= 15 is 0 Å². The van der Waals surface area contributed by atoms with Crippen molar-refractivity contribution in [2.45, 2.75) is 19.3 Å². The third-order valence-corrected chi connectivity index (χ3v) is 4.41. The number of para-hydroxylation sites is 1. The Morgan fingerprint density at radius 3 is 3.10 bits per heavy atom. The van der Waals surface area contributed by atoms with Crippen LogP contribution in [0.3, 0.4) is 0 Å². The van der Waals surface area contributed by atoms with E-state index in [4.69, 9.17) is 4.74 Å². The van der Waals surface area contributed by atoms with Gasteiger partial charge in [-0.25, -0.2) is 4.98 Å². The average Bonchev–Trinajstić information content (AvgIpc) is 2.90. The summed E-state index contributed by atoms with van der Waals surface area (Å²) >= 11 is 1.48. The molecular weight excluding hydrogens is 272 g/mol. The van der Waals surface area contributed by atoms with Gasteiger partial charge < -0.3 is 10.1 Å². The highest BCUT2D eigenvalue weighted by Gasteiger charge is 2.20. The number of hydrogen-bond acceptors (Lipinski definition) is 4. The summed E-state index contributed by atoms with van der Waals surface area (Å²) in [5.74, 6) is 0.862. The summed E-state index contributed by atoms with van der Waals surface area (Å²) < 4.78 is 6.30. The molecule has 1 unspecified atom stereocenters. The van der Waals surface area contributed by atoms with E-state index in [-0.39, 0.29) is 11.8 Å². The molecule has 2 aromatic rings. The van der Waals surface area contributed by atoms with Crippen molar-refractivity contribution in [2.24, 2.45) is 5.92 Å². The fourth-order valence-electron chi connectivity index (χ4n) is 2.38. The van der Waals surface area contributed by atoms with E-state index in [1.807, 2.05) is 18.2 Å². The molecule has 0 saturated carbocycles. The minimum Gasteiger partial charge on any atom is -0.494 e. The van der Waals surface area contributed by atoms with Crippen molar-refractivity contribution in [1.82, 2.24) is 4.98 Å². The monoisotopic (exact) mass is 288 g/mol. The average molecular weight is 288 g/mol. The number of benzene rings is 1. The number of thiazole rings is 1. The smallest absolute Gasteiger partial charge is 0.229 e. The predicted molar refractivity (Wildman–Crippen MR) is 81.3 cm³/mol. The van der Waals surface area contributed by atoms with Crippen LogP contribution < -0.4 is 10.1 Å². The fraction of sp³-hybridized carbons (Fsp3) is 0.333. The van der Waals surface area contributed by atoms with Crippen molar-refractivity contribution in [3.05, 3.63) is 30.4 Å². The van der Waals surface area contributed by atoms with Gasteiger partial charge in [-0.05, 0) is 31.4 Å². The molecule has 1 aromatic heterocycles. The molecule has 0 bridgehead atoms. The second-order valence-corrected chi connectivity index (χ2v) is 5.83. The number of hydrogen-bond donors (Lipinski definition) is 1. The van der Waals surface area contributed by atoms with Gasteiger partial charge in [-0.3, -0.25) is 4.79 Å². The number of nitrogens with one attached hydrogen (secondary N) is 1. The number of aromatic nitrogens is 1. The van der Waals surface area contributed by atoms with Crippen LogP contribution in [-0.4, -0.2) is 18.0 Å². The lowest BCUT2D eigenvalue weighted by atomic mass is 9.94. The molecule has 20 heavy (non-hydrogen) atoms. The van der Waals surface area contributed by atoms with Gasteiger partial charge >= 0.3 is 0 Å². The maximum absolute atomic E-state index is 12.2. The summed E-state index contributed by atoms with van der Waals surface area (Å²) in [5, 5.41) is 3.57. The Labute approximate surface area is 121 Å². The first kappa shape index (κ1) is 13.1. The van der Waals surface area contributed by atoms with Crippen LogP contribution in [0.2, 0.25) is 0 Å². The number of methoxy groups -OCH3 is 1. The molecule has 1 atom stereocenters. The molecule has 1 N–H and O–H groups in total. The SMILES string of the molecule is COc1cccc2sc(NC(=O)C3CC=CCC3)nc12. The van der Waals surface area contributed by atoms with E-state index in [1.54, 1.807) is 7.11 Å². The van der Waals surface area contributed by atoms with Crippen molar-refractivity contribution in [3.63, 3.8) is 0 Å². The Bertz CT molecular complexity index is 663. The summed E-state index contributed by atoms with van der Waals surface area (Å²) in [6, 6.07) is 5.78. The zero-order valence-corrected chi connectivity index (χ0v) is 12.1. The molecular formula is C15H16N2O2S. The van der Waals surface area contributed by atoms with Crippen LogP contribution in [0, 0.1) is 5.92 Å². The van der Waals surface area contributed by atoms with Crippen molar-refractivity contribution >= 4 is 32.6 Å². The maximum Gasteiger partial charge on any atom is 0.229 e. The molecule has 1 amide bonds. The Balaban J connectivity index is 1.80. The highest BCUT2D eigenvalue weighted by molar-refractivity contribution is 7.22. The molecule has 0 saturated heterocycles. The van der Waals surface area contributed by atoms with Crippen molar-refractivity contribution in [3.8, 4) is 5.75 Å². The third kappa shape index (κ3) is 2.54. The standard InChI is InChI=1S/C15H16N2O2S/c1-19-11-8-5-9-12-13(11)16-15(20-12)17-14(18)10-6-3-2-4-7-10/h2-3,5,8-10H,4,6-7H2,1H3,(H,16,17,18). The van der Waals surface area contributed by atoms with E-state index < -0.39 is 0 Å². The fourth-order valence-corrected chi connectivity index (χ4v) is 3.27. The lowest BCUT2D eigenvalue weighted by Gasteiger charge is -2.15. The van der Waals surface area contributed by atoms with E-state index in [2.05, 4.69) is 22.5 Å². The van der Waals surface area contributed by atoms with Crippen LogP contribution in [0.15, 0.2) is 30.4 Å². The summed E-state index contributed by atoms with van der Waals surface area (Å²) in [7, 11) is 1.63. The number of ether oxygens (including phenoxy) is 1. The number of carbonyl (C=O) groups is 1. The highest BCUT2D eigenvalue weighted by atomic mass is 32.1. The molecule has 0 spiro atoms. The summed E-state index contributed by atoms with van der Waals surface area (Å²) in [6.07, 6.45) is 6.92. The predicted octanol–water partition coefficient (Wildman–Crippen LogP) is 3.60. The minimum absolute atomic E-state index is 0.0624. The van der Waals surface area contributed by atoms with Crippen LogP contribution in [0.25, 0.3) is 10.2 Å². The Morgan fingerprint density at radius 2 is 2.35 bits per heavy atom. The number of anilines is 1. The lowest BCUT2D eigenvalue weighted by Crippen LogP contribution is -2.23. The van der Waals surface area contributed by atoms with Crippen molar-refractivity contribution < 1.29 is 9.53 Å². The van der Waals surface area contributed by atoms with Gasteiger partial charge in [0.1, 0.15) is 11.3 Å². The molecule has 5 heteroatoms. The van der Waals surface area contributed by atoms with E-state index in [1.165, 1.54) is 11.3 Å². The normalized spacial score (nSPS) is 18.1. The van der Waals surface area contributed by atoms with E-state index in [0.717, 1.165) is 35.2 Å². The van der Waals surface area contributed by atoms with Gasteiger partial charge in [0.2, 0.25) is 5.91 Å². The van der Waals surface area contributed by atoms with E-state index in [9.17, 15) is 4.79 Å². The zero-order valence-electron chi connectivity index (χ0n) is 11.3. The first-order chi connectivity index (χ1) is 9.78. The second-order valence-electron chi connectivity index (χ2n) is 4.80. The first-order valence-corrected chi connectivity index (χ1v) is 7.49. The molecule has 0 aliphatic heterocycles. The third-order valence-electron chi connectivity index (χ3n) is 3.47. The number of fused-ring (bicyclic) bond motifs is 1. The van der Waals surface area contributed by atoms with E-state index in [0.29, 0.717) is 5.13 Å². The number of allylic oxidation sites excluding steroid dienone is 2. The molecule has 1 heterocycles. The Hall–Kier alpha value is -1.88. The van der Waals surface area contributed by atoms with Crippen LogP contribution in [-0.2, 0) is 4.79 Å². The number of amides is 1. The zero-order chi connectivity index (χ0) is 13.9. The molecule has 1 aromatic carbocycles. The van der Waals surface area contributed by atoms with Gasteiger partial charge in [-0.15, -0.1) is 0 Å². The Morgan fingerprint density at radius 1 is 1.45 bits per heavy atom. The van der Waals surface area contributed by atoms with Gasteiger partial charge in [0.05, 0.1) is 11.8 Å². The van der Waals surface area contributed by atoms with Crippen molar-refractivity contribution in [2.75, 3.05) is 12.4 Å². The molecule has 4 nitrogen and oxygen atoms in total. The summed E-state index contributed by atoms with van der Waals surface area (Å²) in [4.78, 5) is 16.7. The van der Waals surface area contributed by atoms with Gasteiger partial charge in [0.15, 0.2) is 5.13 Å². The van der Waals surface area contributed by atoms with Crippen molar-refractivity contribution in [1.29, 1.82) is 0 Å². The molecule has 3 rings (SSSR count). The van der Waals surface area contributed by atoms with Gasteiger partial charge in [0, 0.05) is 5.92 Å². The van der Waals surface area contributed by atoms with Gasteiger partial charge in [0.25, 0.3) is 0 Å². The lowest BCUT2D eigenvalue weighted by molar-refractivity contribution is -0.120. The highest BCUT2D eigenvalue weighted by Crippen LogP contribution is 2.32. The second kappa shape index (κ2) is 5.63. The number of carbonyl (C=O) groups excluding carboxylic acids is 1. The molecule has 1 aliphatic carbocycles. The number of nitrogens with zero attached hydrogens (tertiary/aromatic N) is 1. The first-order valence-electron chi connectivity index (χ1n) is 6.67. The molecule has 1 aliphatic rings. The van der Waals surface area contributed by atoms with Gasteiger partial charge in [-0.2, -0.15) is 0 Å². The van der Waals surface area contributed by atoms with Crippen LogP contribution in [0.1, 0.15) is 19.3 Å². The quantitative estimate of drug-likeness (QED) is 0.878. The topological polar surface area (TPSA) is 51.2 Å². The Kier molecular flexibility index (Phi) is 3.69. The molecule has 0 fully saturated rings. The molecule has 104 valence electrons. The number of rotatable bonds is 3. The summed E-state index contributed by atoms with van der Waals surface area (Å²) in [5.41, 5.74) is 0.804. The van der Waals surface area contributed by atoms with Crippen LogP contribution >= 0.6 is 11.3 Å². The maximum atomic E-state index is 12.2. The molecule has 0 radical (unpaired) electrons.